The number of pyridine rings is 1. The molecule has 2 saturated heterocycles. The molecule has 2 aliphatic heterocycles. The van der Waals surface area contributed by atoms with E-state index in [1.807, 2.05) is 27.7 Å². The Balaban J connectivity index is 1.90. The molecule has 0 bridgehead atoms. The number of hydrogen-bond acceptors (Lipinski definition) is 4. The Hall–Kier alpha value is -1.05. The van der Waals surface area contributed by atoms with Crippen LogP contribution in [0.1, 0.15) is 52.1 Å². The quantitative estimate of drug-likeness (QED) is 0.619. The molecule has 0 atom stereocenters. The summed E-state index contributed by atoms with van der Waals surface area (Å²) in [6.45, 7) is 8.54. The van der Waals surface area contributed by atoms with Crippen molar-refractivity contribution in [2.75, 3.05) is 13.2 Å². The molecule has 0 saturated carbocycles. The molecule has 0 N–H and O–H groups in total. The zero-order valence-electron chi connectivity index (χ0n) is 14.0. The van der Waals surface area contributed by atoms with Crippen LogP contribution in [0.2, 0.25) is 0 Å². The van der Waals surface area contributed by atoms with Gasteiger partial charge in [0, 0.05) is 24.8 Å². The molecule has 1 aromatic heterocycles. The van der Waals surface area contributed by atoms with Crippen LogP contribution in [0.3, 0.4) is 0 Å². The molecule has 0 amide bonds. The van der Waals surface area contributed by atoms with Gasteiger partial charge in [-0.2, -0.15) is 4.39 Å². The summed E-state index contributed by atoms with van der Waals surface area (Å²) in [5.74, 6) is -1.50. The topological polar surface area (TPSA) is 40.6 Å². The van der Waals surface area contributed by atoms with E-state index < -0.39 is 30.1 Å². The van der Waals surface area contributed by atoms with Crippen LogP contribution in [0, 0.1) is 11.8 Å². The van der Waals surface area contributed by atoms with Crippen molar-refractivity contribution >= 4 is 12.6 Å². The van der Waals surface area contributed by atoms with Crippen molar-refractivity contribution < 1.29 is 22.8 Å². The maximum Gasteiger partial charge on any atom is 0.502 e. The molecule has 0 radical (unpaired) electrons. The number of hydrogen-bond donors (Lipinski definition) is 0. The normalized spacial score (nSPS) is 24.2. The van der Waals surface area contributed by atoms with E-state index >= 15 is 0 Å². The summed E-state index contributed by atoms with van der Waals surface area (Å²) in [4.78, 5) is 3.98. The standard InChI is InChI=1S/C16H22BF2NO3/c1-15(2)16(3,4)23-17(22-15)13-11(18)9-12(20-14(13)19)10-5-7-21-8-6-10/h9-10H,5-8H2,1-4H3. The highest BCUT2D eigenvalue weighted by Crippen LogP contribution is 2.37. The second-order valence-electron chi connectivity index (χ2n) is 7.21. The van der Waals surface area contributed by atoms with Crippen LogP contribution in [-0.4, -0.2) is 36.5 Å². The molecule has 4 nitrogen and oxygen atoms in total. The van der Waals surface area contributed by atoms with E-state index in [0.29, 0.717) is 18.9 Å². The fraction of sp³-hybridized carbons (Fsp3) is 0.688. The maximum atomic E-state index is 14.6. The highest BCUT2D eigenvalue weighted by Gasteiger charge is 2.53. The van der Waals surface area contributed by atoms with Gasteiger partial charge >= 0.3 is 7.12 Å². The first kappa shape index (κ1) is 16.8. The van der Waals surface area contributed by atoms with Gasteiger partial charge in [0.15, 0.2) is 0 Å². The molecule has 126 valence electrons. The monoisotopic (exact) mass is 325 g/mol. The first-order valence-corrected chi connectivity index (χ1v) is 8.00. The molecule has 2 aliphatic rings. The Morgan fingerprint density at radius 2 is 1.65 bits per heavy atom. The molecule has 2 fully saturated rings. The van der Waals surface area contributed by atoms with Crippen molar-refractivity contribution in [3.05, 3.63) is 23.5 Å². The van der Waals surface area contributed by atoms with Crippen molar-refractivity contribution in [2.45, 2.75) is 57.7 Å². The van der Waals surface area contributed by atoms with Gasteiger partial charge in [0.1, 0.15) is 5.82 Å². The van der Waals surface area contributed by atoms with Crippen molar-refractivity contribution in [1.82, 2.24) is 4.98 Å². The van der Waals surface area contributed by atoms with Crippen molar-refractivity contribution in [3.63, 3.8) is 0 Å². The molecule has 3 heterocycles. The van der Waals surface area contributed by atoms with Crippen LogP contribution >= 0.6 is 0 Å². The van der Waals surface area contributed by atoms with E-state index in [2.05, 4.69) is 4.98 Å². The van der Waals surface area contributed by atoms with Gasteiger partial charge in [0.2, 0.25) is 5.95 Å². The Kier molecular flexibility index (Phi) is 4.23. The molecule has 23 heavy (non-hydrogen) atoms. The summed E-state index contributed by atoms with van der Waals surface area (Å²) in [5, 5.41) is 0. The fourth-order valence-electron chi connectivity index (χ4n) is 2.89. The average Bonchev–Trinajstić information content (AvgIpc) is 2.67. The SMILES string of the molecule is CC1(C)OB(c2c(F)cc(C3CCOCC3)nc2F)OC1(C)C. The zero-order valence-corrected chi connectivity index (χ0v) is 14.0. The van der Waals surface area contributed by atoms with Crippen molar-refractivity contribution in [1.29, 1.82) is 0 Å². The number of nitrogens with zero attached hydrogens (tertiary/aromatic N) is 1. The lowest BCUT2D eigenvalue weighted by Crippen LogP contribution is -2.41. The minimum Gasteiger partial charge on any atom is -0.399 e. The number of halogens is 2. The molecular formula is C16H22BF2NO3. The second-order valence-corrected chi connectivity index (χ2v) is 7.21. The first-order valence-electron chi connectivity index (χ1n) is 8.00. The van der Waals surface area contributed by atoms with E-state index in [-0.39, 0.29) is 11.4 Å². The molecule has 1 aromatic rings. The van der Waals surface area contributed by atoms with Gasteiger partial charge in [-0.3, -0.25) is 0 Å². The highest BCUT2D eigenvalue weighted by molar-refractivity contribution is 6.62. The minimum absolute atomic E-state index is 0.0279. The third-order valence-electron chi connectivity index (χ3n) is 5.11. The minimum atomic E-state index is -1.09. The van der Waals surface area contributed by atoms with Crippen molar-refractivity contribution in [2.24, 2.45) is 0 Å². The van der Waals surface area contributed by atoms with Crippen molar-refractivity contribution in [3.8, 4) is 0 Å². The van der Waals surface area contributed by atoms with Gasteiger partial charge in [-0.25, -0.2) is 9.37 Å². The summed E-state index contributed by atoms with van der Waals surface area (Å²) >= 11 is 0. The van der Waals surface area contributed by atoms with Crippen LogP contribution in [-0.2, 0) is 14.0 Å². The third-order valence-corrected chi connectivity index (χ3v) is 5.11. The largest absolute Gasteiger partial charge is 0.502 e. The highest BCUT2D eigenvalue weighted by atomic mass is 19.1. The molecule has 0 unspecified atom stereocenters. The lowest BCUT2D eigenvalue weighted by Gasteiger charge is -2.32. The van der Waals surface area contributed by atoms with E-state index in [1.165, 1.54) is 6.07 Å². The summed E-state index contributed by atoms with van der Waals surface area (Å²) in [7, 11) is -1.09. The average molecular weight is 325 g/mol. The van der Waals surface area contributed by atoms with Gasteiger partial charge in [-0.15, -0.1) is 0 Å². The Bertz CT molecular complexity index is 564. The van der Waals surface area contributed by atoms with Gasteiger partial charge in [-0.05, 0) is 46.6 Å². The number of aromatic nitrogens is 1. The van der Waals surface area contributed by atoms with Crippen LogP contribution in [0.5, 0.6) is 0 Å². The van der Waals surface area contributed by atoms with E-state index in [0.717, 1.165) is 12.8 Å². The number of rotatable bonds is 2. The predicted octanol–water partition coefficient (Wildman–Crippen LogP) is 2.55. The molecule has 3 rings (SSSR count). The van der Waals surface area contributed by atoms with Gasteiger partial charge in [0.05, 0.1) is 16.7 Å². The third kappa shape index (κ3) is 3.02. The smallest absolute Gasteiger partial charge is 0.399 e. The Morgan fingerprint density at radius 3 is 2.17 bits per heavy atom. The molecular weight excluding hydrogens is 303 g/mol. The fourth-order valence-corrected chi connectivity index (χ4v) is 2.89. The summed E-state index contributed by atoms with van der Waals surface area (Å²) in [5.41, 5.74) is -1.13. The van der Waals surface area contributed by atoms with Crippen LogP contribution in [0.15, 0.2) is 6.07 Å². The second kappa shape index (κ2) is 5.79. The molecule has 0 spiro atoms. The van der Waals surface area contributed by atoms with E-state index in [1.54, 1.807) is 0 Å². The summed E-state index contributed by atoms with van der Waals surface area (Å²) in [6.07, 6.45) is 1.45. The molecule has 0 aliphatic carbocycles. The van der Waals surface area contributed by atoms with E-state index in [4.69, 9.17) is 14.0 Å². The zero-order chi connectivity index (χ0) is 16.8. The van der Waals surface area contributed by atoms with Crippen LogP contribution in [0.25, 0.3) is 0 Å². The van der Waals surface area contributed by atoms with Gasteiger partial charge in [0.25, 0.3) is 0 Å². The van der Waals surface area contributed by atoms with Gasteiger partial charge in [-0.1, -0.05) is 0 Å². The summed E-state index contributed by atoms with van der Waals surface area (Å²) in [6, 6.07) is 1.31. The summed E-state index contributed by atoms with van der Waals surface area (Å²) < 4.78 is 45.8. The number of ether oxygens (including phenoxy) is 1. The maximum absolute atomic E-state index is 14.6. The molecule has 0 aromatic carbocycles. The van der Waals surface area contributed by atoms with Crippen LogP contribution in [0.4, 0.5) is 8.78 Å². The van der Waals surface area contributed by atoms with Crippen LogP contribution < -0.4 is 5.46 Å². The first-order chi connectivity index (χ1) is 10.7. The predicted molar refractivity (Wildman–Crippen MR) is 82.7 cm³/mol. The van der Waals surface area contributed by atoms with Gasteiger partial charge < -0.3 is 14.0 Å². The van der Waals surface area contributed by atoms with E-state index in [9.17, 15) is 8.78 Å². The lowest BCUT2D eigenvalue weighted by molar-refractivity contribution is 0.00578. The lowest BCUT2D eigenvalue weighted by atomic mass is 9.79. The Labute approximate surface area is 135 Å². The molecule has 7 heteroatoms. The Morgan fingerprint density at radius 1 is 1.09 bits per heavy atom.